The fraction of sp³-hybridized carbons (Fsp3) is 0.300. The van der Waals surface area contributed by atoms with Gasteiger partial charge < -0.3 is 16.6 Å². The Kier molecular flexibility index (Phi) is 4.09. The van der Waals surface area contributed by atoms with Crippen LogP contribution in [0.15, 0.2) is 16.6 Å². The van der Waals surface area contributed by atoms with E-state index in [0.29, 0.717) is 28.6 Å². The van der Waals surface area contributed by atoms with Crippen LogP contribution >= 0.6 is 15.9 Å². The highest BCUT2D eigenvalue weighted by Crippen LogP contribution is 2.33. The van der Waals surface area contributed by atoms with E-state index >= 15 is 0 Å². The van der Waals surface area contributed by atoms with Gasteiger partial charge in [-0.25, -0.2) is 0 Å². The van der Waals surface area contributed by atoms with Gasteiger partial charge in [-0.2, -0.15) is 5.26 Å². The molecule has 5 heteroatoms. The maximum Gasteiger partial charge on any atom is 0.134 e. The van der Waals surface area contributed by atoms with Crippen molar-refractivity contribution in [1.29, 1.82) is 5.26 Å². The third kappa shape index (κ3) is 2.69. The van der Waals surface area contributed by atoms with Crippen LogP contribution in [-0.2, 0) is 0 Å². The smallest absolute Gasteiger partial charge is 0.134 e. The third-order valence-corrected chi connectivity index (χ3v) is 2.70. The molecule has 0 aliphatic heterocycles. The molecule has 0 spiro atoms. The van der Waals surface area contributed by atoms with Crippen LogP contribution in [0.2, 0.25) is 0 Å². The van der Waals surface area contributed by atoms with Crippen molar-refractivity contribution in [3.8, 4) is 11.8 Å². The highest BCUT2D eigenvalue weighted by Gasteiger charge is 2.14. The Morgan fingerprint density at radius 1 is 1.53 bits per heavy atom. The van der Waals surface area contributed by atoms with E-state index in [2.05, 4.69) is 15.9 Å². The molecule has 1 atom stereocenters. The summed E-state index contributed by atoms with van der Waals surface area (Å²) < 4.78 is 0.476. The number of hydrogen-bond donors (Lipinski definition) is 3. The molecule has 5 N–H and O–H groups in total. The molecule has 1 aromatic carbocycles. The maximum absolute atomic E-state index is 9.74. The first-order chi connectivity index (χ1) is 7.10. The molecule has 0 saturated carbocycles. The summed E-state index contributed by atoms with van der Waals surface area (Å²) >= 11 is 3.17. The molecule has 0 aromatic heterocycles. The standard InChI is InChI=1S/C10H12BrN3O/c11-8-4-6(5-13)3-7(10(8)15)9(14)1-2-12/h3-4,9,15H,1-2,12,14H2/t9-/m1/s1. The number of aromatic hydroxyl groups is 1. The van der Waals surface area contributed by atoms with Gasteiger partial charge in [-0.05, 0) is 41.0 Å². The third-order valence-electron chi connectivity index (χ3n) is 2.10. The van der Waals surface area contributed by atoms with Gasteiger partial charge in [0.05, 0.1) is 16.1 Å². The molecule has 80 valence electrons. The topological polar surface area (TPSA) is 96.1 Å². The lowest BCUT2D eigenvalue weighted by Gasteiger charge is -2.13. The van der Waals surface area contributed by atoms with Gasteiger partial charge >= 0.3 is 0 Å². The van der Waals surface area contributed by atoms with Crippen LogP contribution in [0.4, 0.5) is 0 Å². The van der Waals surface area contributed by atoms with Crippen LogP contribution in [0.1, 0.15) is 23.6 Å². The monoisotopic (exact) mass is 269 g/mol. The van der Waals surface area contributed by atoms with Crippen LogP contribution in [0.5, 0.6) is 5.75 Å². The molecule has 0 radical (unpaired) electrons. The number of nitriles is 1. The first-order valence-electron chi connectivity index (χ1n) is 4.48. The number of nitrogens with two attached hydrogens (primary N) is 2. The fourth-order valence-electron chi connectivity index (χ4n) is 1.30. The highest BCUT2D eigenvalue weighted by molar-refractivity contribution is 9.10. The van der Waals surface area contributed by atoms with Gasteiger partial charge in [0.1, 0.15) is 5.75 Å². The summed E-state index contributed by atoms with van der Waals surface area (Å²) in [4.78, 5) is 0. The van der Waals surface area contributed by atoms with Crippen LogP contribution in [0, 0.1) is 11.3 Å². The Bertz CT molecular complexity index is 400. The molecule has 0 aliphatic carbocycles. The summed E-state index contributed by atoms with van der Waals surface area (Å²) in [5, 5.41) is 18.5. The van der Waals surface area contributed by atoms with Gasteiger partial charge in [-0.15, -0.1) is 0 Å². The number of phenols is 1. The van der Waals surface area contributed by atoms with Crippen molar-refractivity contribution in [2.24, 2.45) is 11.5 Å². The van der Waals surface area contributed by atoms with Crippen molar-refractivity contribution in [2.45, 2.75) is 12.5 Å². The van der Waals surface area contributed by atoms with Gasteiger partial charge in [0.2, 0.25) is 0 Å². The van der Waals surface area contributed by atoms with E-state index in [1.54, 1.807) is 12.1 Å². The lowest BCUT2D eigenvalue weighted by atomic mass is 10.0. The second-order valence-corrected chi connectivity index (χ2v) is 4.05. The summed E-state index contributed by atoms with van der Waals surface area (Å²) in [6.07, 6.45) is 0.564. The van der Waals surface area contributed by atoms with Gasteiger partial charge in [0, 0.05) is 11.6 Å². The summed E-state index contributed by atoms with van der Waals surface area (Å²) in [6, 6.07) is 4.79. The van der Waals surface area contributed by atoms with E-state index in [9.17, 15) is 5.11 Å². The second kappa shape index (κ2) is 5.12. The van der Waals surface area contributed by atoms with Crippen molar-refractivity contribution >= 4 is 15.9 Å². The van der Waals surface area contributed by atoms with Crippen molar-refractivity contribution < 1.29 is 5.11 Å². The van der Waals surface area contributed by atoms with Crippen LogP contribution in [0.3, 0.4) is 0 Å². The predicted octanol–water partition coefficient (Wildman–Crippen LogP) is 1.37. The zero-order valence-electron chi connectivity index (χ0n) is 8.07. The number of rotatable bonds is 3. The lowest BCUT2D eigenvalue weighted by molar-refractivity contribution is 0.455. The van der Waals surface area contributed by atoms with Crippen molar-refractivity contribution in [3.05, 3.63) is 27.7 Å². The fourth-order valence-corrected chi connectivity index (χ4v) is 1.78. The molecule has 15 heavy (non-hydrogen) atoms. The van der Waals surface area contributed by atoms with E-state index in [0.717, 1.165) is 0 Å². The Balaban J connectivity index is 3.16. The number of halogens is 1. The molecule has 0 heterocycles. The molecule has 0 unspecified atom stereocenters. The van der Waals surface area contributed by atoms with Crippen LogP contribution in [-0.4, -0.2) is 11.7 Å². The van der Waals surface area contributed by atoms with Gasteiger partial charge in [-0.3, -0.25) is 0 Å². The van der Waals surface area contributed by atoms with Crippen LogP contribution in [0.25, 0.3) is 0 Å². The molecule has 0 saturated heterocycles. The van der Waals surface area contributed by atoms with Crippen molar-refractivity contribution in [2.75, 3.05) is 6.54 Å². The molecule has 0 aliphatic rings. The van der Waals surface area contributed by atoms with Gasteiger partial charge in [0.15, 0.2) is 0 Å². The maximum atomic E-state index is 9.74. The minimum absolute atomic E-state index is 0.0787. The minimum atomic E-state index is -0.348. The predicted molar refractivity (Wildman–Crippen MR) is 61.1 cm³/mol. The quantitative estimate of drug-likeness (QED) is 0.772. The molecule has 4 nitrogen and oxygen atoms in total. The normalized spacial score (nSPS) is 12.1. The summed E-state index contributed by atoms with van der Waals surface area (Å²) in [6.45, 7) is 0.439. The molecule has 1 rings (SSSR count). The molecule has 0 fully saturated rings. The Hall–Kier alpha value is -1.09. The van der Waals surface area contributed by atoms with Crippen LogP contribution < -0.4 is 11.5 Å². The molecule has 1 aromatic rings. The minimum Gasteiger partial charge on any atom is -0.506 e. The average Bonchev–Trinajstić information content (AvgIpc) is 2.22. The SMILES string of the molecule is N#Cc1cc(Br)c(O)c([C@H](N)CCN)c1. The van der Waals surface area contributed by atoms with Gasteiger partial charge in [0.25, 0.3) is 0 Å². The number of benzene rings is 1. The Morgan fingerprint density at radius 2 is 2.20 bits per heavy atom. The highest BCUT2D eigenvalue weighted by atomic mass is 79.9. The van der Waals surface area contributed by atoms with E-state index < -0.39 is 0 Å². The second-order valence-electron chi connectivity index (χ2n) is 3.19. The summed E-state index contributed by atoms with van der Waals surface area (Å²) in [5.74, 6) is 0.0787. The summed E-state index contributed by atoms with van der Waals surface area (Å²) in [5.41, 5.74) is 12.2. The van der Waals surface area contributed by atoms with E-state index in [4.69, 9.17) is 16.7 Å². The average molecular weight is 270 g/mol. The zero-order chi connectivity index (χ0) is 11.4. The molecule has 0 bridgehead atoms. The zero-order valence-corrected chi connectivity index (χ0v) is 9.66. The van der Waals surface area contributed by atoms with E-state index in [-0.39, 0.29) is 11.8 Å². The first kappa shape index (κ1) is 12.0. The number of nitrogens with zero attached hydrogens (tertiary/aromatic N) is 1. The summed E-state index contributed by atoms with van der Waals surface area (Å²) in [7, 11) is 0. The molecular weight excluding hydrogens is 258 g/mol. The van der Waals surface area contributed by atoms with Gasteiger partial charge in [-0.1, -0.05) is 0 Å². The number of phenolic OH excluding ortho intramolecular Hbond substituents is 1. The lowest BCUT2D eigenvalue weighted by Crippen LogP contribution is -2.15. The van der Waals surface area contributed by atoms with E-state index in [1.165, 1.54) is 0 Å². The largest absolute Gasteiger partial charge is 0.506 e. The first-order valence-corrected chi connectivity index (χ1v) is 5.27. The Morgan fingerprint density at radius 3 is 2.73 bits per heavy atom. The number of hydrogen-bond acceptors (Lipinski definition) is 4. The molecule has 0 amide bonds. The van der Waals surface area contributed by atoms with Crippen molar-refractivity contribution in [1.82, 2.24) is 0 Å². The van der Waals surface area contributed by atoms with Crippen molar-refractivity contribution in [3.63, 3.8) is 0 Å². The van der Waals surface area contributed by atoms with E-state index in [1.807, 2.05) is 6.07 Å². The Labute approximate surface area is 96.6 Å². The molecular formula is C10H12BrN3O.